The first-order chi connectivity index (χ1) is 11.2. The summed E-state index contributed by atoms with van der Waals surface area (Å²) in [4.78, 5) is 12.5. The van der Waals surface area contributed by atoms with Crippen LogP contribution in [-0.2, 0) is 6.42 Å². The van der Waals surface area contributed by atoms with E-state index in [9.17, 15) is 4.79 Å². The van der Waals surface area contributed by atoms with Gasteiger partial charge in [-0.05, 0) is 42.3 Å². The largest absolute Gasteiger partial charge is 0.496 e. The zero-order chi connectivity index (χ0) is 16.2. The SMILES string of the molecule is COc1ccc(Cl)cc1C(=O)NCC1NCCc2ccccc21. The fraction of sp³-hybridized carbons (Fsp3) is 0.278. The van der Waals surface area contributed by atoms with Gasteiger partial charge >= 0.3 is 0 Å². The number of rotatable bonds is 4. The molecule has 0 radical (unpaired) electrons. The van der Waals surface area contributed by atoms with Crippen molar-refractivity contribution in [2.24, 2.45) is 0 Å². The Labute approximate surface area is 140 Å². The Morgan fingerprint density at radius 1 is 1.35 bits per heavy atom. The number of ether oxygens (including phenoxy) is 1. The first kappa shape index (κ1) is 15.8. The van der Waals surface area contributed by atoms with Crippen molar-refractivity contribution in [3.63, 3.8) is 0 Å². The Hall–Kier alpha value is -2.04. The van der Waals surface area contributed by atoms with Gasteiger partial charge in [-0.1, -0.05) is 35.9 Å². The number of carbonyl (C=O) groups excluding carboxylic acids is 1. The minimum Gasteiger partial charge on any atom is -0.496 e. The normalized spacial score (nSPS) is 16.5. The lowest BCUT2D eigenvalue weighted by Gasteiger charge is -2.27. The van der Waals surface area contributed by atoms with E-state index in [0.717, 1.165) is 13.0 Å². The molecule has 0 spiro atoms. The zero-order valence-corrected chi connectivity index (χ0v) is 13.7. The van der Waals surface area contributed by atoms with Gasteiger partial charge in [0.05, 0.1) is 12.7 Å². The van der Waals surface area contributed by atoms with E-state index in [2.05, 4.69) is 28.8 Å². The average molecular weight is 331 g/mol. The van der Waals surface area contributed by atoms with Gasteiger partial charge in [0.15, 0.2) is 0 Å². The number of nitrogens with one attached hydrogen (secondary N) is 2. The van der Waals surface area contributed by atoms with Crippen molar-refractivity contribution in [1.29, 1.82) is 0 Å². The molecule has 0 saturated carbocycles. The van der Waals surface area contributed by atoms with Crippen LogP contribution in [0.15, 0.2) is 42.5 Å². The quantitative estimate of drug-likeness (QED) is 0.906. The third-order valence-corrected chi connectivity index (χ3v) is 4.32. The lowest BCUT2D eigenvalue weighted by atomic mass is 9.94. The van der Waals surface area contributed by atoms with Crippen LogP contribution in [0, 0.1) is 0 Å². The molecule has 1 heterocycles. The summed E-state index contributed by atoms with van der Waals surface area (Å²) >= 11 is 5.99. The smallest absolute Gasteiger partial charge is 0.255 e. The highest BCUT2D eigenvalue weighted by Gasteiger charge is 2.20. The molecule has 0 saturated heterocycles. The second-order valence-corrected chi connectivity index (χ2v) is 5.95. The van der Waals surface area contributed by atoms with Gasteiger partial charge in [-0.15, -0.1) is 0 Å². The number of methoxy groups -OCH3 is 1. The molecule has 2 aromatic rings. The number of benzene rings is 2. The van der Waals surface area contributed by atoms with Crippen molar-refractivity contribution in [3.8, 4) is 5.75 Å². The van der Waals surface area contributed by atoms with Crippen LogP contribution in [0.4, 0.5) is 0 Å². The van der Waals surface area contributed by atoms with E-state index in [-0.39, 0.29) is 11.9 Å². The summed E-state index contributed by atoms with van der Waals surface area (Å²) in [6.07, 6.45) is 1.02. The minimum absolute atomic E-state index is 0.120. The first-order valence-electron chi connectivity index (χ1n) is 7.62. The molecule has 0 bridgehead atoms. The molecule has 1 atom stereocenters. The Morgan fingerprint density at radius 2 is 2.17 bits per heavy atom. The molecule has 0 aromatic heterocycles. The number of fused-ring (bicyclic) bond motifs is 1. The highest BCUT2D eigenvalue weighted by molar-refractivity contribution is 6.31. The van der Waals surface area contributed by atoms with Crippen molar-refractivity contribution >= 4 is 17.5 Å². The number of hydrogen-bond donors (Lipinski definition) is 2. The molecule has 3 rings (SSSR count). The molecule has 120 valence electrons. The maximum atomic E-state index is 12.5. The molecule has 2 aromatic carbocycles. The highest BCUT2D eigenvalue weighted by atomic mass is 35.5. The lowest BCUT2D eigenvalue weighted by molar-refractivity contribution is 0.0946. The Morgan fingerprint density at radius 3 is 3.00 bits per heavy atom. The fourth-order valence-electron chi connectivity index (χ4n) is 2.92. The van der Waals surface area contributed by atoms with Crippen molar-refractivity contribution < 1.29 is 9.53 Å². The van der Waals surface area contributed by atoms with Gasteiger partial charge in [-0.2, -0.15) is 0 Å². The third-order valence-electron chi connectivity index (χ3n) is 4.09. The Bertz CT molecular complexity index is 718. The van der Waals surface area contributed by atoms with E-state index in [1.165, 1.54) is 11.1 Å². The maximum Gasteiger partial charge on any atom is 0.255 e. The van der Waals surface area contributed by atoms with Crippen molar-refractivity contribution in [2.75, 3.05) is 20.2 Å². The third kappa shape index (κ3) is 3.49. The number of halogens is 1. The summed E-state index contributed by atoms with van der Waals surface area (Å²) < 4.78 is 5.23. The molecule has 4 nitrogen and oxygen atoms in total. The molecule has 2 N–H and O–H groups in total. The standard InChI is InChI=1S/C18H19ClN2O2/c1-23-17-7-6-13(19)10-15(17)18(22)21-11-16-14-5-3-2-4-12(14)8-9-20-16/h2-7,10,16,20H,8-9,11H2,1H3,(H,21,22). The maximum absolute atomic E-state index is 12.5. The van der Waals surface area contributed by atoms with Crippen LogP contribution in [0.1, 0.15) is 27.5 Å². The molecular weight excluding hydrogens is 312 g/mol. The van der Waals surface area contributed by atoms with E-state index in [1.807, 2.05) is 6.07 Å². The van der Waals surface area contributed by atoms with Gasteiger partial charge in [-0.25, -0.2) is 0 Å². The summed E-state index contributed by atoms with van der Waals surface area (Å²) in [7, 11) is 1.54. The molecule has 1 unspecified atom stereocenters. The molecule has 5 heteroatoms. The molecule has 0 aliphatic carbocycles. The van der Waals surface area contributed by atoms with Gasteiger partial charge in [0.25, 0.3) is 5.91 Å². The van der Waals surface area contributed by atoms with Gasteiger partial charge in [0.2, 0.25) is 0 Å². The van der Waals surface area contributed by atoms with Crippen LogP contribution >= 0.6 is 11.6 Å². The van der Waals surface area contributed by atoms with E-state index < -0.39 is 0 Å². The second-order valence-electron chi connectivity index (χ2n) is 5.51. The number of carbonyl (C=O) groups is 1. The zero-order valence-electron chi connectivity index (χ0n) is 12.9. The van der Waals surface area contributed by atoms with Crippen LogP contribution < -0.4 is 15.4 Å². The van der Waals surface area contributed by atoms with Crippen molar-refractivity contribution in [2.45, 2.75) is 12.5 Å². The van der Waals surface area contributed by atoms with E-state index in [1.54, 1.807) is 25.3 Å². The minimum atomic E-state index is -0.186. The predicted octanol–water partition coefficient (Wildman–Crippen LogP) is 2.97. The Kier molecular flexibility index (Phi) is 4.84. The van der Waals surface area contributed by atoms with Crippen LogP contribution in [0.3, 0.4) is 0 Å². The van der Waals surface area contributed by atoms with E-state index in [4.69, 9.17) is 16.3 Å². The first-order valence-corrected chi connectivity index (χ1v) is 8.00. The summed E-state index contributed by atoms with van der Waals surface area (Å²) in [5, 5.41) is 6.93. The average Bonchev–Trinajstić information content (AvgIpc) is 2.59. The molecule has 23 heavy (non-hydrogen) atoms. The van der Waals surface area contributed by atoms with Crippen molar-refractivity contribution in [3.05, 3.63) is 64.2 Å². The molecule has 1 aliphatic heterocycles. The second kappa shape index (κ2) is 7.02. The van der Waals surface area contributed by atoms with E-state index >= 15 is 0 Å². The molecule has 0 fully saturated rings. The monoisotopic (exact) mass is 330 g/mol. The number of hydrogen-bond acceptors (Lipinski definition) is 3. The predicted molar refractivity (Wildman–Crippen MR) is 91.2 cm³/mol. The van der Waals surface area contributed by atoms with Gasteiger partial charge in [-0.3, -0.25) is 4.79 Å². The topological polar surface area (TPSA) is 50.4 Å². The van der Waals surface area contributed by atoms with Crippen LogP contribution in [0.2, 0.25) is 5.02 Å². The van der Waals surface area contributed by atoms with Crippen LogP contribution in [0.25, 0.3) is 0 Å². The Balaban J connectivity index is 1.72. The summed E-state index contributed by atoms with van der Waals surface area (Å²) in [5.74, 6) is 0.332. The van der Waals surface area contributed by atoms with Gasteiger partial charge in [0.1, 0.15) is 5.75 Å². The van der Waals surface area contributed by atoms with Gasteiger partial charge in [0, 0.05) is 17.6 Å². The number of amides is 1. The molecule has 1 aliphatic rings. The van der Waals surface area contributed by atoms with Crippen LogP contribution in [-0.4, -0.2) is 26.1 Å². The fourth-order valence-corrected chi connectivity index (χ4v) is 3.09. The van der Waals surface area contributed by atoms with Crippen molar-refractivity contribution in [1.82, 2.24) is 10.6 Å². The summed E-state index contributed by atoms with van der Waals surface area (Å²) in [5.41, 5.74) is 3.03. The molecular formula is C18H19ClN2O2. The van der Waals surface area contributed by atoms with Crippen LogP contribution in [0.5, 0.6) is 5.75 Å². The van der Waals surface area contributed by atoms with E-state index in [0.29, 0.717) is 22.9 Å². The summed E-state index contributed by atoms with van der Waals surface area (Å²) in [6.45, 7) is 1.43. The highest BCUT2D eigenvalue weighted by Crippen LogP contribution is 2.24. The van der Waals surface area contributed by atoms with Gasteiger partial charge < -0.3 is 15.4 Å². The lowest BCUT2D eigenvalue weighted by Crippen LogP contribution is -2.38. The summed E-state index contributed by atoms with van der Waals surface area (Å²) in [6, 6.07) is 13.5. The molecule has 1 amide bonds.